The third-order valence-electron chi connectivity index (χ3n) is 5.40. The summed E-state index contributed by atoms with van der Waals surface area (Å²) in [6.45, 7) is 7.60. The number of halogens is 1. The van der Waals surface area contributed by atoms with Crippen molar-refractivity contribution in [1.82, 2.24) is 5.32 Å². The van der Waals surface area contributed by atoms with Gasteiger partial charge in [-0.05, 0) is 75.2 Å². The molecule has 1 amide bonds. The number of sulfonamides is 1. The number of aryl methyl sites for hydroxylation is 2. The fourth-order valence-electron chi connectivity index (χ4n) is 3.51. The van der Waals surface area contributed by atoms with Crippen LogP contribution in [0, 0.1) is 13.8 Å². The van der Waals surface area contributed by atoms with Crippen molar-refractivity contribution in [3.63, 3.8) is 0 Å². The molecule has 0 saturated carbocycles. The monoisotopic (exact) mass is 500 g/mol. The van der Waals surface area contributed by atoms with Gasteiger partial charge in [0.2, 0.25) is 5.91 Å². The fraction of sp³-hybridized carbons (Fsp3) is 0.269. The van der Waals surface area contributed by atoms with E-state index in [0.29, 0.717) is 22.9 Å². The maximum atomic E-state index is 13.6. The van der Waals surface area contributed by atoms with Crippen LogP contribution in [0.2, 0.25) is 5.02 Å². The topological polar surface area (TPSA) is 75.7 Å². The van der Waals surface area contributed by atoms with Gasteiger partial charge in [-0.3, -0.25) is 9.10 Å². The molecule has 0 heterocycles. The molecule has 0 aromatic heterocycles. The van der Waals surface area contributed by atoms with E-state index in [1.807, 2.05) is 45.0 Å². The van der Waals surface area contributed by atoms with Crippen LogP contribution >= 0.6 is 11.6 Å². The lowest BCUT2D eigenvalue weighted by Gasteiger charge is -2.26. The SMILES string of the molecule is CCOc1ccc([C@H](C)NC(=O)CN(c2cc(Cl)ccc2C)S(=O)(=O)c2ccc(C)cc2)cc1. The Hall–Kier alpha value is -3.03. The minimum absolute atomic E-state index is 0.102. The number of nitrogens with one attached hydrogen (secondary N) is 1. The first-order chi connectivity index (χ1) is 16.1. The highest BCUT2D eigenvalue weighted by molar-refractivity contribution is 7.92. The molecule has 0 aliphatic heterocycles. The lowest BCUT2D eigenvalue weighted by Crippen LogP contribution is -2.42. The molecule has 0 radical (unpaired) electrons. The number of nitrogens with zero attached hydrogens (tertiary/aromatic N) is 1. The summed E-state index contributed by atoms with van der Waals surface area (Å²) in [6, 6.07) is 18.6. The minimum Gasteiger partial charge on any atom is -0.494 e. The van der Waals surface area contributed by atoms with Gasteiger partial charge in [-0.15, -0.1) is 0 Å². The Morgan fingerprint density at radius 1 is 1.03 bits per heavy atom. The molecule has 3 rings (SSSR count). The second kappa shape index (κ2) is 10.9. The van der Waals surface area contributed by atoms with Crippen molar-refractivity contribution in [2.75, 3.05) is 17.5 Å². The van der Waals surface area contributed by atoms with E-state index in [1.54, 1.807) is 37.3 Å². The average Bonchev–Trinajstić information content (AvgIpc) is 2.80. The Bertz CT molecular complexity index is 1240. The molecule has 0 aliphatic rings. The summed E-state index contributed by atoms with van der Waals surface area (Å²) in [6.07, 6.45) is 0. The van der Waals surface area contributed by atoms with Gasteiger partial charge in [-0.2, -0.15) is 0 Å². The lowest BCUT2D eigenvalue weighted by molar-refractivity contribution is -0.120. The molecule has 180 valence electrons. The molecule has 0 saturated heterocycles. The van der Waals surface area contributed by atoms with Crippen molar-refractivity contribution < 1.29 is 17.9 Å². The van der Waals surface area contributed by atoms with E-state index < -0.39 is 22.5 Å². The summed E-state index contributed by atoms with van der Waals surface area (Å²) in [5.74, 6) is 0.313. The third kappa shape index (κ3) is 6.10. The number of ether oxygens (including phenoxy) is 1. The molecule has 34 heavy (non-hydrogen) atoms. The Morgan fingerprint density at radius 3 is 2.29 bits per heavy atom. The van der Waals surface area contributed by atoms with Gasteiger partial charge in [0.15, 0.2) is 0 Å². The summed E-state index contributed by atoms with van der Waals surface area (Å²) in [5.41, 5.74) is 2.86. The fourth-order valence-corrected chi connectivity index (χ4v) is 5.15. The van der Waals surface area contributed by atoms with Crippen LogP contribution in [0.4, 0.5) is 5.69 Å². The van der Waals surface area contributed by atoms with Crippen molar-refractivity contribution in [3.05, 3.63) is 88.4 Å². The number of hydrogen-bond donors (Lipinski definition) is 1. The van der Waals surface area contributed by atoms with Crippen molar-refractivity contribution in [2.24, 2.45) is 0 Å². The molecule has 0 fully saturated rings. The van der Waals surface area contributed by atoms with Crippen LogP contribution in [0.5, 0.6) is 5.75 Å². The van der Waals surface area contributed by atoms with Gasteiger partial charge in [0, 0.05) is 5.02 Å². The van der Waals surface area contributed by atoms with E-state index in [1.165, 1.54) is 12.1 Å². The van der Waals surface area contributed by atoms with E-state index in [4.69, 9.17) is 16.3 Å². The highest BCUT2D eigenvalue weighted by Gasteiger charge is 2.29. The Kier molecular flexibility index (Phi) is 8.23. The normalized spacial score (nSPS) is 12.1. The summed E-state index contributed by atoms with van der Waals surface area (Å²) in [5, 5.41) is 3.28. The summed E-state index contributed by atoms with van der Waals surface area (Å²) in [7, 11) is -4.02. The zero-order valence-corrected chi connectivity index (χ0v) is 21.3. The number of carbonyl (C=O) groups is 1. The molecule has 8 heteroatoms. The van der Waals surface area contributed by atoms with E-state index in [9.17, 15) is 13.2 Å². The van der Waals surface area contributed by atoms with Crippen molar-refractivity contribution in [1.29, 1.82) is 0 Å². The van der Waals surface area contributed by atoms with Crippen LogP contribution in [0.15, 0.2) is 71.6 Å². The molecule has 0 spiro atoms. The largest absolute Gasteiger partial charge is 0.494 e. The molecule has 1 N–H and O–H groups in total. The first kappa shape index (κ1) is 25.6. The number of amides is 1. The maximum absolute atomic E-state index is 13.6. The second-order valence-electron chi connectivity index (χ2n) is 8.05. The van der Waals surface area contributed by atoms with E-state index in [0.717, 1.165) is 21.2 Å². The van der Waals surface area contributed by atoms with Crippen molar-refractivity contribution in [2.45, 2.75) is 38.6 Å². The smallest absolute Gasteiger partial charge is 0.264 e. The first-order valence-electron chi connectivity index (χ1n) is 11.0. The second-order valence-corrected chi connectivity index (χ2v) is 10.3. The molecule has 3 aromatic rings. The molecule has 0 aliphatic carbocycles. The molecule has 0 bridgehead atoms. The zero-order chi connectivity index (χ0) is 24.9. The minimum atomic E-state index is -4.02. The van der Waals surface area contributed by atoms with E-state index >= 15 is 0 Å². The number of anilines is 1. The van der Waals surface area contributed by atoms with Crippen molar-refractivity contribution >= 4 is 33.2 Å². The Labute approximate surface area is 206 Å². The molecular weight excluding hydrogens is 472 g/mol. The number of carbonyl (C=O) groups excluding carboxylic acids is 1. The summed E-state index contributed by atoms with van der Waals surface area (Å²) >= 11 is 6.18. The molecule has 3 aromatic carbocycles. The van der Waals surface area contributed by atoms with Crippen LogP contribution in [-0.4, -0.2) is 27.5 Å². The van der Waals surface area contributed by atoms with E-state index in [2.05, 4.69) is 5.32 Å². The lowest BCUT2D eigenvalue weighted by atomic mass is 10.1. The predicted octanol–water partition coefficient (Wildman–Crippen LogP) is 5.43. The molecular formula is C26H29ClN2O4S. The van der Waals surface area contributed by atoms with Gasteiger partial charge >= 0.3 is 0 Å². The first-order valence-corrected chi connectivity index (χ1v) is 12.8. The van der Waals surface area contributed by atoms with Crippen LogP contribution in [-0.2, 0) is 14.8 Å². The van der Waals surface area contributed by atoms with Crippen LogP contribution in [0.1, 0.15) is 36.6 Å². The van der Waals surface area contributed by atoms with Gasteiger partial charge < -0.3 is 10.1 Å². The van der Waals surface area contributed by atoms with Crippen LogP contribution < -0.4 is 14.4 Å². The quantitative estimate of drug-likeness (QED) is 0.425. The van der Waals surface area contributed by atoms with Crippen molar-refractivity contribution in [3.8, 4) is 5.75 Å². The van der Waals surface area contributed by atoms with Gasteiger partial charge in [-0.25, -0.2) is 8.42 Å². The maximum Gasteiger partial charge on any atom is 0.264 e. The number of hydrogen-bond acceptors (Lipinski definition) is 4. The summed E-state index contributed by atoms with van der Waals surface area (Å²) < 4.78 is 33.7. The Morgan fingerprint density at radius 2 is 1.68 bits per heavy atom. The highest BCUT2D eigenvalue weighted by Crippen LogP contribution is 2.29. The average molecular weight is 501 g/mol. The number of rotatable bonds is 9. The number of benzene rings is 3. The molecule has 1 atom stereocenters. The molecule has 0 unspecified atom stereocenters. The zero-order valence-electron chi connectivity index (χ0n) is 19.7. The Balaban J connectivity index is 1.88. The van der Waals surface area contributed by atoms with Crippen LogP contribution in [0.3, 0.4) is 0 Å². The van der Waals surface area contributed by atoms with Gasteiger partial charge in [0.05, 0.1) is 23.2 Å². The van der Waals surface area contributed by atoms with Gasteiger partial charge in [0.25, 0.3) is 10.0 Å². The standard InChI is InChI=1S/C26H29ClN2O4S/c1-5-33-23-12-9-21(10-13-23)20(4)28-26(30)17-29(25-16-22(27)11-8-19(25)3)34(31,32)24-14-6-18(2)7-15-24/h6-16,20H,5,17H2,1-4H3,(H,28,30)/t20-/m0/s1. The van der Waals surface area contributed by atoms with E-state index in [-0.39, 0.29) is 10.9 Å². The van der Waals surface area contributed by atoms with Gasteiger partial charge in [0.1, 0.15) is 12.3 Å². The van der Waals surface area contributed by atoms with Gasteiger partial charge in [-0.1, -0.05) is 47.5 Å². The highest BCUT2D eigenvalue weighted by atomic mass is 35.5. The summed E-state index contributed by atoms with van der Waals surface area (Å²) in [4.78, 5) is 13.1. The van der Waals surface area contributed by atoms with Crippen LogP contribution in [0.25, 0.3) is 0 Å². The third-order valence-corrected chi connectivity index (χ3v) is 7.41. The predicted molar refractivity (Wildman–Crippen MR) is 136 cm³/mol. The molecule has 6 nitrogen and oxygen atoms in total.